The van der Waals surface area contributed by atoms with Gasteiger partial charge in [0.15, 0.2) is 6.10 Å². The highest BCUT2D eigenvalue weighted by Gasteiger charge is 2.17. The van der Waals surface area contributed by atoms with Gasteiger partial charge in [0.2, 0.25) is 0 Å². The first-order valence-electron chi connectivity index (χ1n) is 26.4. The molecule has 0 heterocycles. The lowest BCUT2D eigenvalue weighted by molar-refractivity contribution is -0.163. The molecule has 1 unspecified atom stereocenters. The molecule has 0 aromatic carbocycles. The van der Waals surface area contributed by atoms with Crippen LogP contribution < -0.4 is 0 Å². The number of allylic oxidation sites excluding steroid dienone is 18. The zero-order chi connectivity index (χ0) is 46.3. The number of esters is 2. The normalized spacial score (nSPS) is 13.1. The van der Waals surface area contributed by atoms with Crippen LogP contribution in [0.15, 0.2) is 109 Å². The van der Waals surface area contributed by atoms with Crippen LogP contribution in [0.4, 0.5) is 0 Å². The Morgan fingerprint density at radius 1 is 0.344 bits per heavy atom. The second kappa shape index (κ2) is 53.9. The highest BCUT2D eigenvalue weighted by atomic mass is 16.6. The molecule has 0 saturated heterocycles. The Hall–Kier alpha value is -3.44. The average molecular weight is 887 g/mol. The highest BCUT2D eigenvalue weighted by molar-refractivity contribution is 5.70. The minimum atomic E-state index is -0.563. The fourth-order valence-electron chi connectivity index (χ4n) is 6.96. The van der Waals surface area contributed by atoms with E-state index in [9.17, 15) is 9.59 Å². The fourth-order valence-corrected chi connectivity index (χ4v) is 6.96. The molecular formula is C59H98O5. The molecule has 364 valence electrons. The second-order valence-electron chi connectivity index (χ2n) is 17.0. The van der Waals surface area contributed by atoms with Crippen molar-refractivity contribution in [1.82, 2.24) is 0 Å². The van der Waals surface area contributed by atoms with Gasteiger partial charge in [-0.1, -0.05) is 207 Å². The minimum Gasteiger partial charge on any atom is -0.462 e. The van der Waals surface area contributed by atoms with Gasteiger partial charge in [0.25, 0.3) is 0 Å². The number of carbonyl (C=O) groups is 2. The van der Waals surface area contributed by atoms with Crippen LogP contribution >= 0.6 is 0 Å². The van der Waals surface area contributed by atoms with Crippen molar-refractivity contribution in [2.75, 3.05) is 19.8 Å². The zero-order valence-corrected chi connectivity index (χ0v) is 41.8. The van der Waals surface area contributed by atoms with Gasteiger partial charge in [0.05, 0.1) is 6.61 Å². The molecule has 5 heteroatoms. The van der Waals surface area contributed by atoms with E-state index < -0.39 is 6.10 Å². The lowest BCUT2D eigenvalue weighted by Gasteiger charge is -2.18. The molecule has 0 aliphatic carbocycles. The number of unbranched alkanes of at least 4 members (excludes halogenated alkanes) is 18. The first-order chi connectivity index (χ1) is 31.6. The Kier molecular flexibility index (Phi) is 51.0. The van der Waals surface area contributed by atoms with Crippen molar-refractivity contribution in [1.29, 1.82) is 0 Å². The third-order valence-electron chi connectivity index (χ3n) is 10.8. The average Bonchev–Trinajstić information content (AvgIpc) is 3.30. The van der Waals surface area contributed by atoms with Gasteiger partial charge in [-0.3, -0.25) is 9.59 Å². The number of ether oxygens (including phenoxy) is 3. The molecule has 64 heavy (non-hydrogen) atoms. The van der Waals surface area contributed by atoms with Crippen molar-refractivity contribution in [3.63, 3.8) is 0 Å². The van der Waals surface area contributed by atoms with Crippen molar-refractivity contribution in [3.05, 3.63) is 109 Å². The quantitative estimate of drug-likeness (QED) is 0.0346. The largest absolute Gasteiger partial charge is 0.462 e. The fraction of sp³-hybridized carbons (Fsp3) is 0.661. The first-order valence-corrected chi connectivity index (χ1v) is 26.4. The summed E-state index contributed by atoms with van der Waals surface area (Å²) < 4.78 is 17.4. The summed E-state index contributed by atoms with van der Waals surface area (Å²) in [4.78, 5) is 25.4. The molecule has 0 saturated carbocycles. The lowest BCUT2D eigenvalue weighted by atomic mass is 10.1. The Labute approximate surface area is 395 Å². The summed E-state index contributed by atoms with van der Waals surface area (Å²) in [6.07, 6.45) is 73.8. The topological polar surface area (TPSA) is 61.8 Å². The van der Waals surface area contributed by atoms with Crippen molar-refractivity contribution >= 4 is 11.9 Å². The zero-order valence-electron chi connectivity index (χ0n) is 41.8. The van der Waals surface area contributed by atoms with Crippen molar-refractivity contribution in [2.45, 2.75) is 232 Å². The van der Waals surface area contributed by atoms with E-state index in [1.54, 1.807) is 0 Å². The van der Waals surface area contributed by atoms with Gasteiger partial charge in [-0.25, -0.2) is 0 Å². The molecular weight excluding hydrogens is 789 g/mol. The van der Waals surface area contributed by atoms with Crippen LogP contribution in [0.1, 0.15) is 226 Å². The van der Waals surface area contributed by atoms with E-state index >= 15 is 0 Å². The monoisotopic (exact) mass is 887 g/mol. The number of hydrogen-bond donors (Lipinski definition) is 0. The van der Waals surface area contributed by atoms with E-state index in [2.05, 4.69) is 130 Å². The molecule has 0 fully saturated rings. The Balaban J connectivity index is 4.35. The molecule has 0 rings (SSSR count). The van der Waals surface area contributed by atoms with E-state index in [0.717, 1.165) is 122 Å². The predicted molar refractivity (Wildman–Crippen MR) is 279 cm³/mol. The van der Waals surface area contributed by atoms with Crippen LogP contribution in [0.5, 0.6) is 0 Å². The molecule has 0 aliphatic heterocycles. The van der Waals surface area contributed by atoms with Crippen LogP contribution in [0.2, 0.25) is 0 Å². The standard InChI is InChI=1S/C59H98O5/c1-4-7-10-13-16-19-22-25-28-29-30-33-36-39-42-45-48-51-54-62-55-57(64-59(61)53-50-47-44-41-38-35-32-27-24-21-18-15-12-9-6-3)56-63-58(60)52-49-46-43-40-37-34-31-26-23-20-17-14-11-8-5-2/h7-12,16-21,25-28,31-32,57H,4-6,13-15,22-24,29-30,33-56H2,1-3H3/b10-7-,11-8-,12-9-,19-16-,20-17-,21-18-,28-25-,31-26-,32-27-. The maximum absolute atomic E-state index is 12.8. The van der Waals surface area contributed by atoms with Crippen molar-refractivity contribution < 1.29 is 23.8 Å². The molecule has 0 bridgehead atoms. The molecule has 0 radical (unpaired) electrons. The third kappa shape index (κ3) is 51.2. The smallest absolute Gasteiger partial charge is 0.306 e. The summed E-state index contributed by atoms with van der Waals surface area (Å²) in [6.45, 7) is 7.44. The summed E-state index contributed by atoms with van der Waals surface area (Å²) in [5.41, 5.74) is 0. The van der Waals surface area contributed by atoms with Gasteiger partial charge in [-0.15, -0.1) is 0 Å². The summed E-state index contributed by atoms with van der Waals surface area (Å²) in [5.74, 6) is -0.444. The van der Waals surface area contributed by atoms with E-state index in [-0.39, 0.29) is 25.2 Å². The number of carbonyl (C=O) groups excluding carboxylic acids is 2. The molecule has 0 N–H and O–H groups in total. The van der Waals surface area contributed by atoms with Gasteiger partial charge in [-0.2, -0.15) is 0 Å². The highest BCUT2D eigenvalue weighted by Crippen LogP contribution is 2.13. The minimum absolute atomic E-state index is 0.0601. The van der Waals surface area contributed by atoms with Crippen molar-refractivity contribution in [2.24, 2.45) is 0 Å². The van der Waals surface area contributed by atoms with Gasteiger partial charge < -0.3 is 14.2 Å². The second-order valence-corrected chi connectivity index (χ2v) is 17.0. The Bertz CT molecular complexity index is 1280. The van der Waals surface area contributed by atoms with E-state index in [0.29, 0.717) is 19.4 Å². The number of hydrogen-bond acceptors (Lipinski definition) is 5. The summed E-state index contributed by atoms with van der Waals surface area (Å²) >= 11 is 0. The van der Waals surface area contributed by atoms with Crippen LogP contribution in [-0.4, -0.2) is 37.9 Å². The predicted octanol–water partition coefficient (Wildman–Crippen LogP) is 18.0. The summed E-state index contributed by atoms with van der Waals surface area (Å²) in [5, 5.41) is 0. The van der Waals surface area contributed by atoms with Gasteiger partial charge in [0, 0.05) is 19.4 Å². The van der Waals surface area contributed by atoms with E-state index in [4.69, 9.17) is 14.2 Å². The van der Waals surface area contributed by atoms with Gasteiger partial charge in [-0.05, 0) is 116 Å². The maximum atomic E-state index is 12.8. The number of rotatable bonds is 47. The summed E-state index contributed by atoms with van der Waals surface area (Å²) in [7, 11) is 0. The lowest BCUT2D eigenvalue weighted by Crippen LogP contribution is -2.30. The third-order valence-corrected chi connectivity index (χ3v) is 10.8. The molecule has 0 spiro atoms. The molecule has 0 aromatic heterocycles. The van der Waals surface area contributed by atoms with Gasteiger partial charge in [0.1, 0.15) is 6.61 Å². The molecule has 0 amide bonds. The van der Waals surface area contributed by atoms with Crippen molar-refractivity contribution in [3.8, 4) is 0 Å². The maximum Gasteiger partial charge on any atom is 0.306 e. The van der Waals surface area contributed by atoms with Gasteiger partial charge >= 0.3 is 11.9 Å². The van der Waals surface area contributed by atoms with Crippen LogP contribution in [-0.2, 0) is 23.8 Å². The first kappa shape index (κ1) is 60.6. The molecule has 1 atom stereocenters. The molecule has 0 aromatic rings. The van der Waals surface area contributed by atoms with E-state index in [1.165, 1.54) is 70.6 Å². The van der Waals surface area contributed by atoms with E-state index in [1.807, 2.05) is 0 Å². The molecule has 0 aliphatic rings. The summed E-state index contributed by atoms with van der Waals surface area (Å²) in [6, 6.07) is 0. The SMILES string of the molecule is CC/C=C\C/C=C\C/C=C\CCCCCCCCCCOCC(COC(=O)CCCCCCC/C=C\C/C=C\C/C=C\CC)OC(=O)CCCCCCC/C=C\C/C=C\C/C=C\CC. The van der Waals surface area contributed by atoms with Crippen LogP contribution in [0, 0.1) is 0 Å². The Morgan fingerprint density at radius 3 is 1.05 bits per heavy atom. The van der Waals surface area contributed by atoms with Crippen LogP contribution in [0.3, 0.4) is 0 Å². The molecule has 5 nitrogen and oxygen atoms in total. The Morgan fingerprint density at radius 2 is 0.656 bits per heavy atom. The van der Waals surface area contributed by atoms with Crippen LogP contribution in [0.25, 0.3) is 0 Å².